The fraction of sp³-hybridized carbons (Fsp3) is 0.500. The second-order valence-corrected chi connectivity index (χ2v) is 4.89. The molecule has 2 nitrogen and oxygen atoms in total. The number of ether oxygens (including phenoxy) is 1. The van der Waals surface area contributed by atoms with Crippen LogP contribution in [0.4, 0.5) is 0 Å². The molecule has 1 aromatic carbocycles. The van der Waals surface area contributed by atoms with Gasteiger partial charge in [-0.15, -0.1) is 0 Å². The highest BCUT2D eigenvalue weighted by Gasteiger charge is 2.08. The van der Waals surface area contributed by atoms with E-state index < -0.39 is 0 Å². The van der Waals surface area contributed by atoms with Gasteiger partial charge in [-0.25, -0.2) is 0 Å². The van der Waals surface area contributed by atoms with E-state index in [0.29, 0.717) is 0 Å². The van der Waals surface area contributed by atoms with Crippen molar-refractivity contribution in [3.63, 3.8) is 0 Å². The van der Waals surface area contributed by atoms with Crippen LogP contribution in [0.25, 0.3) is 0 Å². The maximum absolute atomic E-state index is 9.10. The monoisotopic (exact) mass is 272 g/mol. The summed E-state index contributed by atoms with van der Waals surface area (Å²) in [5.74, 6) is 0.978. The number of halogens is 1. The largest absolute Gasteiger partial charge is 0.491 e. The highest BCUT2D eigenvalue weighted by Crippen LogP contribution is 2.26. The predicted octanol–water partition coefficient (Wildman–Crippen LogP) is 3.33. The molecular weight excluding hydrogens is 256 g/mol. The highest BCUT2D eigenvalue weighted by atomic mass is 79.9. The van der Waals surface area contributed by atoms with Crippen LogP contribution in [0.3, 0.4) is 0 Å². The summed E-state index contributed by atoms with van der Waals surface area (Å²) in [7, 11) is 0. The molecule has 1 rings (SSSR count). The van der Waals surface area contributed by atoms with E-state index in [-0.39, 0.29) is 18.6 Å². The predicted molar refractivity (Wildman–Crippen MR) is 65.4 cm³/mol. The number of aliphatic hydroxyl groups excluding tert-OH is 1. The molecule has 0 amide bonds. The summed E-state index contributed by atoms with van der Waals surface area (Å²) in [6, 6.07) is 5.92. The molecule has 0 aliphatic rings. The van der Waals surface area contributed by atoms with Crippen molar-refractivity contribution in [1.82, 2.24) is 0 Å². The molecule has 1 N–H and O–H groups in total. The van der Waals surface area contributed by atoms with Gasteiger partial charge in [0.15, 0.2) is 0 Å². The first-order valence-electron chi connectivity index (χ1n) is 5.11. The molecule has 0 bridgehead atoms. The average Bonchev–Trinajstić information content (AvgIpc) is 2.14. The maximum atomic E-state index is 9.10. The number of benzene rings is 1. The zero-order chi connectivity index (χ0) is 11.4. The Morgan fingerprint density at radius 1 is 1.27 bits per heavy atom. The summed E-state index contributed by atoms with van der Waals surface area (Å²) in [5.41, 5.74) is 1.09. The van der Waals surface area contributed by atoms with Gasteiger partial charge in [-0.1, -0.05) is 22.9 Å². The maximum Gasteiger partial charge on any atom is 0.121 e. The zero-order valence-electron chi connectivity index (χ0n) is 9.33. The smallest absolute Gasteiger partial charge is 0.121 e. The zero-order valence-corrected chi connectivity index (χ0v) is 10.9. The van der Waals surface area contributed by atoms with Crippen LogP contribution in [-0.2, 0) is 0 Å². The van der Waals surface area contributed by atoms with Crippen molar-refractivity contribution in [2.75, 3.05) is 6.61 Å². The van der Waals surface area contributed by atoms with E-state index in [9.17, 15) is 0 Å². The Bertz CT molecular complexity index is 323. The van der Waals surface area contributed by atoms with E-state index in [2.05, 4.69) is 15.9 Å². The van der Waals surface area contributed by atoms with Crippen LogP contribution in [0.2, 0.25) is 0 Å². The molecule has 1 unspecified atom stereocenters. The van der Waals surface area contributed by atoms with Crippen LogP contribution < -0.4 is 4.74 Å². The minimum Gasteiger partial charge on any atom is -0.491 e. The molecule has 0 fully saturated rings. The molecular formula is C12H17BrO2. The van der Waals surface area contributed by atoms with Crippen LogP contribution in [0.15, 0.2) is 22.7 Å². The molecule has 0 radical (unpaired) electrons. The summed E-state index contributed by atoms with van der Waals surface area (Å²) in [6.45, 7) is 6.13. The Morgan fingerprint density at radius 2 is 1.93 bits per heavy atom. The first-order valence-corrected chi connectivity index (χ1v) is 5.90. The first kappa shape index (κ1) is 12.5. The van der Waals surface area contributed by atoms with Crippen molar-refractivity contribution >= 4 is 15.9 Å². The van der Waals surface area contributed by atoms with Gasteiger partial charge in [-0.2, -0.15) is 0 Å². The van der Waals surface area contributed by atoms with Crippen LogP contribution in [-0.4, -0.2) is 17.8 Å². The fourth-order valence-corrected chi connectivity index (χ4v) is 1.80. The molecule has 1 aromatic rings. The average molecular weight is 273 g/mol. The van der Waals surface area contributed by atoms with Gasteiger partial charge in [0.1, 0.15) is 5.75 Å². The lowest BCUT2D eigenvalue weighted by Crippen LogP contribution is -2.06. The minimum atomic E-state index is 0.136. The van der Waals surface area contributed by atoms with E-state index >= 15 is 0 Å². The van der Waals surface area contributed by atoms with Gasteiger partial charge in [0.25, 0.3) is 0 Å². The van der Waals surface area contributed by atoms with Crippen molar-refractivity contribution in [2.45, 2.75) is 32.8 Å². The molecule has 84 valence electrons. The number of hydrogen-bond donors (Lipinski definition) is 1. The van der Waals surface area contributed by atoms with Gasteiger partial charge < -0.3 is 9.84 Å². The minimum absolute atomic E-state index is 0.136. The van der Waals surface area contributed by atoms with Gasteiger partial charge in [-0.05, 0) is 37.6 Å². The third kappa shape index (κ3) is 3.84. The van der Waals surface area contributed by atoms with Gasteiger partial charge >= 0.3 is 0 Å². The summed E-state index contributed by atoms with van der Waals surface area (Å²) >= 11 is 3.44. The number of rotatable bonds is 4. The lowest BCUT2D eigenvalue weighted by molar-refractivity contribution is 0.241. The summed E-state index contributed by atoms with van der Waals surface area (Å²) in [4.78, 5) is 0. The van der Waals surface area contributed by atoms with Gasteiger partial charge in [0, 0.05) is 17.0 Å². The first-order chi connectivity index (χ1) is 7.02. The van der Waals surface area contributed by atoms with Gasteiger partial charge in [-0.3, -0.25) is 0 Å². The van der Waals surface area contributed by atoms with Crippen molar-refractivity contribution in [2.24, 2.45) is 0 Å². The van der Waals surface area contributed by atoms with E-state index in [0.717, 1.165) is 15.8 Å². The van der Waals surface area contributed by atoms with Crippen molar-refractivity contribution in [3.8, 4) is 5.75 Å². The molecule has 0 heterocycles. The topological polar surface area (TPSA) is 29.5 Å². The molecule has 1 atom stereocenters. The molecule has 3 heteroatoms. The van der Waals surface area contributed by atoms with Gasteiger partial charge in [0.05, 0.1) is 6.10 Å². The summed E-state index contributed by atoms with van der Waals surface area (Å²) in [6.07, 6.45) is 0.164. The van der Waals surface area contributed by atoms with Gasteiger partial charge in [0.2, 0.25) is 0 Å². The Hall–Kier alpha value is -0.540. The molecule has 0 aliphatic carbocycles. The molecule has 0 aromatic heterocycles. The SMILES string of the molecule is CC(C)Oc1cc(Br)cc(C(C)CO)c1. The van der Waals surface area contributed by atoms with E-state index in [1.54, 1.807) is 0 Å². The Balaban J connectivity index is 2.94. The molecule has 15 heavy (non-hydrogen) atoms. The van der Waals surface area contributed by atoms with Crippen molar-refractivity contribution in [3.05, 3.63) is 28.2 Å². The molecule has 0 saturated heterocycles. The molecule has 0 aliphatic heterocycles. The molecule has 0 saturated carbocycles. The van der Waals surface area contributed by atoms with E-state index in [1.807, 2.05) is 39.0 Å². The van der Waals surface area contributed by atoms with Crippen molar-refractivity contribution in [1.29, 1.82) is 0 Å². The second-order valence-electron chi connectivity index (χ2n) is 3.97. The third-order valence-corrected chi connectivity index (χ3v) is 2.57. The van der Waals surface area contributed by atoms with Crippen molar-refractivity contribution < 1.29 is 9.84 Å². The molecule has 0 spiro atoms. The Morgan fingerprint density at radius 3 is 2.47 bits per heavy atom. The fourth-order valence-electron chi connectivity index (χ4n) is 1.31. The number of aliphatic hydroxyl groups is 1. The Labute approximate surface area is 99.4 Å². The van der Waals surface area contributed by atoms with Crippen LogP contribution in [0, 0.1) is 0 Å². The Kier molecular flexibility index (Phi) is 4.61. The van der Waals surface area contributed by atoms with Crippen LogP contribution in [0.5, 0.6) is 5.75 Å². The van der Waals surface area contributed by atoms with E-state index in [1.165, 1.54) is 0 Å². The van der Waals surface area contributed by atoms with Crippen LogP contribution >= 0.6 is 15.9 Å². The highest BCUT2D eigenvalue weighted by molar-refractivity contribution is 9.10. The quantitative estimate of drug-likeness (QED) is 0.911. The van der Waals surface area contributed by atoms with Crippen LogP contribution in [0.1, 0.15) is 32.3 Å². The van der Waals surface area contributed by atoms with E-state index in [4.69, 9.17) is 9.84 Å². The lowest BCUT2D eigenvalue weighted by Gasteiger charge is -2.14. The second kappa shape index (κ2) is 5.52. The normalized spacial score (nSPS) is 12.9. The summed E-state index contributed by atoms with van der Waals surface area (Å²) in [5, 5.41) is 9.10. The third-order valence-electron chi connectivity index (χ3n) is 2.11. The summed E-state index contributed by atoms with van der Waals surface area (Å²) < 4.78 is 6.60. The standard InChI is InChI=1S/C12H17BrO2/c1-8(2)15-12-5-10(9(3)7-14)4-11(13)6-12/h4-6,8-9,14H,7H2,1-3H3. The lowest BCUT2D eigenvalue weighted by atomic mass is 10.0. The number of hydrogen-bond acceptors (Lipinski definition) is 2.